The number of methoxy groups -OCH3 is 3. The predicted octanol–water partition coefficient (Wildman–Crippen LogP) is 4.21. The number of fused-ring (bicyclic) bond motifs is 1. The minimum Gasteiger partial charge on any atom is -0.493 e. The summed E-state index contributed by atoms with van der Waals surface area (Å²) < 4.78 is 28.8. The molecule has 36 heavy (non-hydrogen) atoms. The highest BCUT2D eigenvalue weighted by molar-refractivity contribution is 7.85. The van der Waals surface area contributed by atoms with Gasteiger partial charge in [0.15, 0.2) is 11.5 Å². The molecule has 10 heteroatoms. The molecule has 0 N–H and O–H groups in total. The molecule has 1 saturated heterocycles. The number of hydrogen-bond donors (Lipinski definition) is 0. The molecular weight excluding hydrogens is 521 g/mol. The Morgan fingerprint density at radius 2 is 1.56 bits per heavy atom. The fraction of sp³-hybridized carbons (Fsp3) is 0.538. The number of benzene rings is 2. The SMILES string of the molecule is COc1ccc(CN2CCN(CCCCc3ccc4c(c3)S(=O)CN4C)CC2)c(OC)c1OC.Cl.Cl. The highest BCUT2D eigenvalue weighted by Gasteiger charge is 2.23. The number of ether oxygens (including phenoxy) is 3. The third-order valence-electron chi connectivity index (χ3n) is 6.83. The maximum atomic E-state index is 12.2. The Bertz CT molecular complexity index is 1020. The van der Waals surface area contributed by atoms with E-state index in [1.165, 1.54) is 12.0 Å². The average Bonchev–Trinajstić information content (AvgIpc) is 3.15. The molecule has 0 bridgehead atoms. The van der Waals surface area contributed by atoms with Crippen LogP contribution in [0.3, 0.4) is 0 Å². The quantitative estimate of drug-likeness (QED) is 0.404. The number of anilines is 1. The van der Waals surface area contributed by atoms with Crippen molar-refractivity contribution in [3.05, 3.63) is 41.5 Å². The number of unbranched alkanes of at least 4 members (excludes halogenated alkanes) is 1. The van der Waals surface area contributed by atoms with Gasteiger partial charge in [-0.25, -0.2) is 0 Å². The molecule has 0 saturated carbocycles. The lowest BCUT2D eigenvalue weighted by Crippen LogP contribution is -2.46. The molecule has 2 aromatic rings. The Labute approximate surface area is 230 Å². The van der Waals surface area contributed by atoms with Crippen LogP contribution in [0, 0.1) is 0 Å². The number of nitrogens with zero attached hydrogens (tertiary/aromatic N) is 3. The lowest BCUT2D eigenvalue weighted by Gasteiger charge is -2.35. The summed E-state index contributed by atoms with van der Waals surface area (Å²) in [5.41, 5.74) is 3.54. The van der Waals surface area contributed by atoms with Crippen LogP contribution in [-0.2, 0) is 23.8 Å². The molecule has 0 spiro atoms. The lowest BCUT2D eigenvalue weighted by molar-refractivity contribution is 0.124. The Hall–Kier alpha value is -1.71. The van der Waals surface area contributed by atoms with Crippen LogP contribution in [0.25, 0.3) is 0 Å². The zero-order valence-electron chi connectivity index (χ0n) is 21.7. The summed E-state index contributed by atoms with van der Waals surface area (Å²) in [5.74, 6) is 2.71. The highest BCUT2D eigenvalue weighted by Crippen LogP contribution is 2.40. The molecular formula is C26H39Cl2N3O4S. The molecule has 2 heterocycles. The van der Waals surface area contributed by atoms with Crippen LogP contribution >= 0.6 is 24.8 Å². The minimum atomic E-state index is -0.882. The maximum Gasteiger partial charge on any atom is 0.203 e. The molecule has 0 radical (unpaired) electrons. The van der Waals surface area contributed by atoms with Crippen molar-refractivity contribution >= 4 is 41.3 Å². The first kappa shape index (κ1) is 30.5. The smallest absolute Gasteiger partial charge is 0.203 e. The third-order valence-corrected chi connectivity index (χ3v) is 8.27. The summed E-state index contributed by atoms with van der Waals surface area (Å²) in [6.07, 6.45) is 3.39. The van der Waals surface area contributed by atoms with Crippen LogP contribution < -0.4 is 19.1 Å². The van der Waals surface area contributed by atoms with Crippen molar-refractivity contribution in [3.63, 3.8) is 0 Å². The van der Waals surface area contributed by atoms with Gasteiger partial charge in [-0.15, -0.1) is 24.8 Å². The first-order chi connectivity index (χ1) is 16.5. The zero-order valence-corrected chi connectivity index (χ0v) is 24.1. The van der Waals surface area contributed by atoms with Gasteiger partial charge in [0, 0.05) is 45.3 Å². The largest absolute Gasteiger partial charge is 0.493 e. The monoisotopic (exact) mass is 559 g/mol. The number of aryl methyl sites for hydroxylation is 1. The van der Waals surface area contributed by atoms with Crippen molar-refractivity contribution < 1.29 is 18.4 Å². The molecule has 0 amide bonds. The van der Waals surface area contributed by atoms with Gasteiger partial charge in [-0.2, -0.15) is 0 Å². The second kappa shape index (κ2) is 14.3. The fourth-order valence-corrected chi connectivity index (χ4v) is 6.26. The molecule has 1 fully saturated rings. The summed E-state index contributed by atoms with van der Waals surface area (Å²) in [6, 6.07) is 10.5. The van der Waals surface area contributed by atoms with Gasteiger partial charge in [-0.3, -0.25) is 9.11 Å². The third kappa shape index (κ3) is 6.98. The Morgan fingerprint density at radius 3 is 2.22 bits per heavy atom. The number of rotatable bonds is 10. The number of hydrogen-bond acceptors (Lipinski definition) is 7. The van der Waals surface area contributed by atoms with E-state index < -0.39 is 10.8 Å². The van der Waals surface area contributed by atoms with Crippen molar-refractivity contribution in [1.82, 2.24) is 9.80 Å². The highest BCUT2D eigenvalue weighted by atomic mass is 35.5. The molecule has 2 aromatic carbocycles. The normalized spacial score (nSPS) is 17.7. The van der Waals surface area contributed by atoms with Crippen LogP contribution in [0.5, 0.6) is 17.2 Å². The van der Waals surface area contributed by atoms with Gasteiger partial charge < -0.3 is 24.0 Å². The minimum absolute atomic E-state index is 0. The van der Waals surface area contributed by atoms with Crippen molar-refractivity contribution in [2.45, 2.75) is 30.7 Å². The first-order valence-electron chi connectivity index (χ1n) is 12.0. The summed E-state index contributed by atoms with van der Waals surface area (Å²) in [7, 11) is 6.09. The van der Waals surface area contributed by atoms with Gasteiger partial charge in [-0.1, -0.05) is 12.1 Å². The lowest BCUT2D eigenvalue weighted by atomic mass is 10.1. The molecule has 7 nitrogen and oxygen atoms in total. The van der Waals surface area contributed by atoms with Crippen molar-refractivity contribution in [1.29, 1.82) is 0 Å². The van der Waals surface area contributed by atoms with E-state index in [0.717, 1.165) is 74.0 Å². The average molecular weight is 561 g/mol. The van der Waals surface area contributed by atoms with Crippen LogP contribution in [-0.4, -0.2) is 81.0 Å². The van der Waals surface area contributed by atoms with Crippen LogP contribution in [0.15, 0.2) is 35.2 Å². The summed E-state index contributed by atoms with van der Waals surface area (Å²) in [4.78, 5) is 8.12. The van der Waals surface area contributed by atoms with E-state index in [0.29, 0.717) is 17.4 Å². The van der Waals surface area contributed by atoms with Gasteiger partial charge >= 0.3 is 0 Å². The predicted molar refractivity (Wildman–Crippen MR) is 151 cm³/mol. The molecule has 0 aromatic heterocycles. The molecule has 2 aliphatic rings. The number of halogens is 2. The molecule has 202 valence electrons. The summed E-state index contributed by atoms with van der Waals surface area (Å²) in [6.45, 7) is 6.22. The Balaban J connectivity index is 0.00000228. The second-order valence-corrected chi connectivity index (χ2v) is 10.4. The van der Waals surface area contributed by atoms with Gasteiger partial charge in [0.25, 0.3) is 0 Å². The van der Waals surface area contributed by atoms with Crippen LogP contribution in [0.1, 0.15) is 24.0 Å². The molecule has 1 atom stereocenters. The summed E-state index contributed by atoms with van der Waals surface area (Å²) in [5, 5.41) is 0. The van der Waals surface area contributed by atoms with Gasteiger partial charge in [0.2, 0.25) is 5.75 Å². The second-order valence-electron chi connectivity index (χ2n) is 9.04. The van der Waals surface area contributed by atoms with E-state index in [2.05, 4.69) is 39.0 Å². The van der Waals surface area contributed by atoms with Crippen molar-refractivity contribution in [3.8, 4) is 17.2 Å². The zero-order chi connectivity index (χ0) is 24.1. The number of piperazine rings is 1. The first-order valence-corrected chi connectivity index (χ1v) is 13.3. The van der Waals surface area contributed by atoms with Gasteiger partial charge in [-0.05, 0) is 49.6 Å². The van der Waals surface area contributed by atoms with E-state index in [1.54, 1.807) is 21.3 Å². The van der Waals surface area contributed by atoms with E-state index in [-0.39, 0.29) is 24.8 Å². The van der Waals surface area contributed by atoms with E-state index >= 15 is 0 Å². The topological polar surface area (TPSA) is 54.5 Å². The Morgan fingerprint density at radius 1 is 0.861 bits per heavy atom. The van der Waals surface area contributed by atoms with E-state index in [9.17, 15) is 4.21 Å². The summed E-state index contributed by atoms with van der Waals surface area (Å²) >= 11 is 0. The van der Waals surface area contributed by atoms with Crippen molar-refractivity contribution in [2.24, 2.45) is 0 Å². The standard InChI is InChI=1S/C26H37N3O4S.2ClH/c1-27-19-34(30)24-17-20(8-10-22(24)27)7-5-6-12-28-13-15-29(16-14-28)18-21-9-11-23(31-2)26(33-4)25(21)32-3;;/h8-11,17H,5-7,12-16,18-19H2,1-4H3;2*1H. The van der Waals surface area contributed by atoms with Crippen LogP contribution in [0.4, 0.5) is 5.69 Å². The maximum absolute atomic E-state index is 12.2. The van der Waals surface area contributed by atoms with Crippen molar-refractivity contribution in [2.75, 3.05) is 71.9 Å². The molecule has 4 rings (SSSR count). The molecule has 1 unspecified atom stereocenters. The Kier molecular flexibility index (Phi) is 12.1. The van der Waals surface area contributed by atoms with Gasteiger partial charge in [0.05, 0.1) is 48.6 Å². The van der Waals surface area contributed by atoms with Crippen LogP contribution in [0.2, 0.25) is 0 Å². The molecule has 0 aliphatic carbocycles. The van der Waals surface area contributed by atoms with Gasteiger partial charge in [0.1, 0.15) is 0 Å². The molecule has 2 aliphatic heterocycles. The van der Waals surface area contributed by atoms with E-state index in [4.69, 9.17) is 14.2 Å². The van der Waals surface area contributed by atoms with E-state index in [1.807, 2.05) is 13.1 Å². The fourth-order valence-electron chi connectivity index (χ4n) is 4.89.